The molecule has 0 heterocycles. The van der Waals surface area contributed by atoms with E-state index in [1.54, 1.807) is 0 Å². The van der Waals surface area contributed by atoms with Crippen molar-refractivity contribution in [3.8, 4) is 0 Å². The third-order valence-corrected chi connectivity index (χ3v) is 4.15. The molecule has 0 aliphatic rings. The van der Waals surface area contributed by atoms with Crippen LogP contribution >= 0.6 is 11.8 Å². The first kappa shape index (κ1) is 16.1. The average Bonchev–Trinajstić information content (AvgIpc) is 2.31. The summed E-state index contributed by atoms with van der Waals surface area (Å²) in [7, 11) is 0. The molecule has 4 heteroatoms. The number of aryl methyl sites for hydroxylation is 1. The van der Waals surface area contributed by atoms with Crippen LogP contribution in [0.1, 0.15) is 39.2 Å². The molecule has 1 aromatic carbocycles. The quantitative estimate of drug-likeness (QED) is 0.783. The monoisotopic (exact) mass is 280 g/mol. The fourth-order valence-electron chi connectivity index (χ4n) is 1.66. The number of benzene rings is 1. The predicted molar refractivity (Wildman–Crippen MR) is 83.7 cm³/mol. The Labute approximate surface area is 120 Å². The standard InChI is InChI=1S/C15H24N2OS/c1-5-12(4)19-13-6-7-14(10(2)8-13)17-15(18)9-11(3)16/h6-8,11-12H,5,9,16H2,1-4H3,(H,17,18). The van der Waals surface area contributed by atoms with Gasteiger partial charge in [-0.1, -0.05) is 13.8 Å². The molecule has 0 aliphatic carbocycles. The number of hydrogen-bond donors (Lipinski definition) is 2. The van der Waals surface area contributed by atoms with E-state index >= 15 is 0 Å². The van der Waals surface area contributed by atoms with Crippen LogP contribution in [-0.4, -0.2) is 17.2 Å². The average molecular weight is 280 g/mol. The van der Waals surface area contributed by atoms with Crippen molar-refractivity contribution in [3.63, 3.8) is 0 Å². The van der Waals surface area contributed by atoms with Gasteiger partial charge in [0, 0.05) is 28.3 Å². The first-order valence-electron chi connectivity index (χ1n) is 6.75. The molecule has 106 valence electrons. The van der Waals surface area contributed by atoms with Gasteiger partial charge in [-0.2, -0.15) is 0 Å². The minimum absolute atomic E-state index is 0.0274. The molecule has 0 aromatic heterocycles. The minimum Gasteiger partial charge on any atom is -0.327 e. The van der Waals surface area contributed by atoms with Gasteiger partial charge in [0.1, 0.15) is 0 Å². The van der Waals surface area contributed by atoms with E-state index < -0.39 is 0 Å². The topological polar surface area (TPSA) is 55.1 Å². The van der Waals surface area contributed by atoms with Gasteiger partial charge < -0.3 is 11.1 Å². The molecular weight excluding hydrogens is 256 g/mol. The number of nitrogens with two attached hydrogens (primary N) is 1. The molecule has 3 nitrogen and oxygen atoms in total. The Kier molecular flexibility index (Phi) is 6.38. The van der Waals surface area contributed by atoms with Crippen molar-refractivity contribution in [2.24, 2.45) is 5.73 Å². The van der Waals surface area contributed by atoms with Crippen LogP contribution in [0.15, 0.2) is 23.1 Å². The van der Waals surface area contributed by atoms with Crippen LogP contribution in [0, 0.1) is 6.92 Å². The highest BCUT2D eigenvalue weighted by Gasteiger charge is 2.08. The maximum Gasteiger partial charge on any atom is 0.225 e. The number of rotatable bonds is 6. The maximum absolute atomic E-state index is 11.7. The summed E-state index contributed by atoms with van der Waals surface area (Å²) in [6.07, 6.45) is 1.50. The Morgan fingerprint density at radius 2 is 2.11 bits per heavy atom. The van der Waals surface area contributed by atoms with Gasteiger partial charge in [0.25, 0.3) is 0 Å². The van der Waals surface area contributed by atoms with Gasteiger partial charge in [-0.25, -0.2) is 0 Å². The second kappa shape index (κ2) is 7.56. The van der Waals surface area contributed by atoms with E-state index in [4.69, 9.17) is 5.73 Å². The molecule has 0 radical (unpaired) electrons. The summed E-state index contributed by atoms with van der Waals surface area (Å²) in [5.41, 5.74) is 7.58. The summed E-state index contributed by atoms with van der Waals surface area (Å²) in [6.45, 7) is 8.26. The van der Waals surface area contributed by atoms with Gasteiger partial charge in [-0.15, -0.1) is 11.8 Å². The molecule has 1 rings (SSSR count). The molecule has 3 N–H and O–H groups in total. The largest absolute Gasteiger partial charge is 0.327 e. The lowest BCUT2D eigenvalue weighted by Gasteiger charge is -2.13. The van der Waals surface area contributed by atoms with Crippen molar-refractivity contribution in [1.29, 1.82) is 0 Å². The van der Waals surface area contributed by atoms with Crippen LogP contribution in [0.4, 0.5) is 5.69 Å². The van der Waals surface area contributed by atoms with Gasteiger partial charge in [0.05, 0.1) is 0 Å². The van der Waals surface area contributed by atoms with Crippen LogP contribution in [0.5, 0.6) is 0 Å². The Morgan fingerprint density at radius 1 is 1.42 bits per heavy atom. The molecule has 19 heavy (non-hydrogen) atoms. The molecule has 0 bridgehead atoms. The van der Waals surface area contributed by atoms with Crippen molar-refractivity contribution >= 4 is 23.4 Å². The van der Waals surface area contributed by atoms with E-state index in [0.717, 1.165) is 17.7 Å². The van der Waals surface area contributed by atoms with E-state index in [1.807, 2.05) is 31.7 Å². The highest BCUT2D eigenvalue weighted by molar-refractivity contribution is 7.99. The van der Waals surface area contributed by atoms with Gasteiger partial charge in [0.2, 0.25) is 5.91 Å². The molecule has 0 fully saturated rings. The van der Waals surface area contributed by atoms with Crippen molar-refractivity contribution in [2.75, 3.05) is 5.32 Å². The van der Waals surface area contributed by atoms with Crippen LogP contribution in [0.25, 0.3) is 0 Å². The Bertz CT molecular complexity index is 432. The van der Waals surface area contributed by atoms with E-state index in [0.29, 0.717) is 11.7 Å². The van der Waals surface area contributed by atoms with Crippen molar-refractivity contribution < 1.29 is 4.79 Å². The Hall–Kier alpha value is -1.00. The van der Waals surface area contributed by atoms with E-state index in [1.165, 1.54) is 4.90 Å². The summed E-state index contributed by atoms with van der Waals surface area (Å²) in [6, 6.07) is 6.04. The molecule has 2 unspecified atom stereocenters. The number of thioether (sulfide) groups is 1. The number of carbonyl (C=O) groups excluding carboxylic acids is 1. The Morgan fingerprint density at radius 3 is 2.63 bits per heavy atom. The summed E-state index contributed by atoms with van der Waals surface area (Å²) in [5, 5.41) is 3.52. The SMILES string of the molecule is CCC(C)Sc1ccc(NC(=O)CC(C)N)c(C)c1. The summed E-state index contributed by atoms with van der Waals surface area (Å²) in [4.78, 5) is 12.9. The number of anilines is 1. The van der Waals surface area contributed by atoms with Crippen molar-refractivity contribution in [2.45, 2.75) is 56.7 Å². The molecule has 0 aliphatic heterocycles. The zero-order valence-electron chi connectivity index (χ0n) is 12.2. The Balaban J connectivity index is 2.69. The summed E-state index contributed by atoms with van der Waals surface area (Å²) < 4.78 is 0. The molecular formula is C15H24N2OS. The third kappa shape index (κ3) is 5.66. The van der Waals surface area contributed by atoms with E-state index in [2.05, 4.69) is 31.3 Å². The van der Waals surface area contributed by atoms with E-state index in [-0.39, 0.29) is 11.9 Å². The maximum atomic E-state index is 11.7. The van der Waals surface area contributed by atoms with E-state index in [9.17, 15) is 4.79 Å². The van der Waals surface area contributed by atoms with Crippen molar-refractivity contribution in [1.82, 2.24) is 0 Å². The number of nitrogens with one attached hydrogen (secondary N) is 1. The predicted octanol–water partition coefficient (Wildman–Crippen LogP) is 3.56. The normalized spacial score (nSPS) is 13.9. The van der Waals surface area contributed by atoms with Gasteiger partial charge in [-0.3, -0.25) is 4.79 Å². The first-order valence-corrected chi connectivity index (χ1v) is 7.63. The molecule has 0 saturated heterocycles. The smallest absolute Gasteiger partial charge is 0.225 e. The molecule has 0 saturated carbocycles. The van der Waals surface area contributed by atoms with Crippen LogP contribution in [-0.2, 0) is 4.79 Å². The highest BCUT2D eigenvalue weighted by atomic mass is 32.2. The molecule has 2 atom stereocenters. The second-order valence-corrected chi connectivity index (χ2v) is 6.55. The van der Waals surface area contributed by atoms with Crippen LogP contribution in [0.3, 0.4) is 0 Å². The summed E-state index contributed by atoms with van der Waals surface area (Å²) in [5.74, 6) is -0.0274. The molecule has 0 spiro atoms. The van der Waals surface area contributed by atoms with Gasteiger partial charge in [0.15, 0.2) is 0 Å². The third-order valence-electron chi connectivity index (χ3n) is 2.89. The summed E-state index contributed by atoms with van der Waals surface area (Å²) >= 11 is 1.86. The molecule has 1 amide bonds. The zero-order valence-corrected chi connectivity index (χ0v) is 13.0. The van der Waals surface area contributed by atoms with Gasteiger partial charge >= 0.3 is 0 Å². The second-order valence-electron chi connectivity index (χ2n) is 5.04. The molecule has 1 aromatic rings. The van der Waals surface area contributed by atoms with Crippen LogP contribution < -0.4 is 11.1 Å². The van der Waals surface area contributed by atoms with Gasteiger partial charge in [-0.05, 0) is 44.0 Å². The fourth-order valence-corrected chi connectivity index (χ4v) is 2.68. The minimum atomic E-state index is -0.111. The lowest BCUT2D eigenvalue weighted by Crippen LogP contribution is -2.24. The lowest BCUT2D eigenvalue weighted by molar-refractivity contribution is -0.116. The number of hydrogen-bond acceptors (Lipinski definition) is 3. The lowest BCUT2D eigenvalue weighted by atomic mass is 10.2. The fraction of sp³-hybridized carbons (Fsp3) is 0.533. The zero-order chi connectivity index (χ0) is 14.4. The first-order chi connectivity index (χ1) is 8.92. The number of carbonyl (C=O) groups is 1. The van der Waals surface area contributed by atoms with Crippen LogP contribution in [0.2, 0.25) is 0 Å². The number of amides is 1. The van der Waals surface area contributed by atoms with Crippen molar-refractivity contribution in [3.05, 3.63) is 23.8 Å². The highest BCUT2D eigenvalue weighted by Crippen LogP contribution is 2.28.